The van der Waals surface area contributed by atoms with Crippen molar-refractivity contribution in [1.82, 2.24) is 5.06 Å². The Morgan fingerprint density at radius 1 is 1.44 bits per heavy atom. The van der Waals surface area contributed by atoms with E-state index in [0.717, 1.165) is 9.54 Å². The highest BCUT2D eigenvalue weighted by molar-refractivity contribution is 9.10. The fraction of sp³-hybridized carbons (Fsp3) is 0.364. The van der Waals surface area contributed by atoms with Gasteiger partial charge in [-0.05, 0) is 25.1 Å². The molecule has 0 N–H and O–H groups in total. The molecule has 0 fully saturated rings. The van der Waals surface area contributed by atoms with Crippen molar-refractivity contribution in [2.45, 2.75) is 6.92 Å². The summed E-state index contributed by atoms with van der Waals surface area (Å²) in [5.74, 6) is 0.439. The number of hydrogen-bond donors (Lipinski definition) is 0. The van der Waals surface area contributed by atoms with Crippen LogP contribution in [0.25, 0.3) is 0 Å². The van der Waals surface area contributed by atoms with Gasteiger partial charge in [-0.2, -0.15) is 0 Å². The number of halogens is 1. The number of carbonyl (C=O) groups excluding carboxylic acids is 1. The molecule has 0 heterocycles. The molecule has 0 bridgehead atoms. The third-order valence-electron chi connectivity index (χ3n) is 1.99. The van der Waals surface area contributed by atoms with E-state index in [-0.39, 0.29) is 5.91 Å². The van der Waals surface area contributed by atoms with E-state index in [4.69, 9.17) is 9.57 Å². The van der Waals surface area contributed by atoms with Crippen molar-refractivity contribution in [2.24, 2.45) is 0 Å². The average molecular weight is 288 g/mol. The first-order chi connectivity index (χ1) is 7.58. The SMILES string of the molecule is CCOc1cc(Br)cc(C(=O)N(C)OC)c1. The highest BCUT2D eigenvalue weighted by Gasteiger charge is 2.13. The van der Waals surface area contributed by atoms with E-state index in [0.29, 0.717) is 17.9 Å². The minimum atomic E-state index is -0.218. The molecule has 1 rings (SSSR count). The third-order valence-corrected chi connectivity index (χ3v) is 2.45. The molecule has 4 nitrogen and oxygen atoms in total. The number of hydrogen-bond acceptors (Lipinski definition) is 3. The van der Waals surface area contributed by atoms with Crippen LogP contribution in [0.4, 0.5) is 0 Å². The van der Waals surface area contributed by atoms with Gasteiger partial charge in [0.1, 0.15) is 5.75 Å². The smallest absolute Gasteiger partial charge is 0.277 e. The van der Waals surface area contributed by atoms with Crippen molar-refractivity contribution in [3.63, 3.8) is 0 Å². The van der Waals surface area contributed by atoms with Gasteiger partial charge < -0.3 is 4.74 Å². The summed E-state index contributed by atoms with van der Waals surface area (Å²) in [6.07, 6.45) is 0. The second-order valence-corrected chi connectivity index (χ2v) is 4.01. The summed E-state index contributed by atoms with van der Waals surface area (Å²) in [5, 5.41) is 1.16. The first-order valence-corrected chi connectivity index (χ1v) is 5.63. The Morgan fingerprint density at radius 3 is 2.69 bits per heavy atom. The lowest BCUT2D eigenvalue weighted by atomic mass is 10.2. The maximum Gasteiger partial charge on any atom is 0.277 e. The van der Waals surface area contributed by atoms with Gasteiger partial charge in [-0.25, -0.2) is 5.06 Å². The summed E-state index contributed by atoms with van der Waals surface area (Å²) in [6, 6.07) is 5.22. The zero-order chi connectivity index (χ0) is 12.1. The summed E-state index contributed by atoms with van der Waals surface area (Å²) in [4.78, 5) is 16.6. The highest BCUT2D eigenvalue weighted by Crippen LogP contribution is 2.22. The van der Waals surface area contributed by atoms with Crippen molar-refractivity contribution < 1.29 is 14.4 Å². The van der Waals surface area contributed by atoms with Crippen LogP contribution in [-0.2, 0) is 4.84 Å². The van der Waals surface area contributed by atoms with E-state index in [2.05, 4.69) is 15.9 Å². The molecule has 0 aliphatic carbocycles. The molecule has 1 amide bonds. The van der Waals surface area contributed by atoms with Crippen LogP contribution in [0.5, 0.6) is 5.75 Å². The molecule has 1 aromatic rings. The van der Waals surface area contributed by atoms with Gasteiger partial charge in [0.15, 0.2) is 0 Å². The van der Waals surface area contributed by atoms with Gasteiger partial charge in [0.05, 0.1) is 13.7 Å². The lowest BCUT2D eigenvalue weighted by molar-refractivity contribution is -0.0757. The summed E-state index contributed by atoms with van der Waals surface area (Å²) < 4.78 is 6.15. The molecule has 88 valence electrons. The van der Waals surface area contributed by atoms with Crippen LogP contribution in [0, 0.1) is 0 Å². The standard InChI is InChI=1S/C11H14BrNO3/c1-4-16-10-6-8(5-9(12)7-10)11(14)13(2)15-3/h5-7H,4H2,1-3H3. The minimum absolute atomic E-state index is 0.218. The van der Waals surface area contributed by atoms with E-state index < -0.39 is 0 Å². The number of nitrogens with zero attached hydrogens (tertiary/aromatic N) is 1. The normalized spacial score (nSPS) is 10.0. The molecule has 0 radical (unpaired) electrons. The molecule has 0 saturated heterocycles. The Balaban J connectivity index is 2.99. The monoisotopic (exact) mass is 287 g/mol. The number of benzene rings is 1. The van der Waals surface area contributed by atoms with Gasteiger partial charge in [-0.15, -0.1) is 0 Å². The molecule has 1 aromatic carbocycles. The Morgan fingerprint density at radius 2 is 2.12 bits per heavy atom. The van der Waals surface area contributed by atoms with Crippen LogP contribution in [0.3, 0.4) is 0 Å². The summed E-state index contributed by atoms with van der Waals surface area (Å²) in [5.41, 5.74) is 0.516. The van der Waals surface area contributed by atoms with Gasteiger partial charge in [0.2, 0.25) is 0 Å². The molecule has 0 spiro atoms. The minimum Gasteiger partial charge on any atom is -0.494 e. The number of ether oxygens (including phenoxy) is 1. The Kier molecular flexibility index (Phi) is 4.76. The van der Waals surface area contributed by atoms with Gasteiger partial charge in [-0.1, -0.05) is 15.9 Å². The quantitative estimate of drug-likeness (QED) is 0.799. The molecule has 16 heavy (non-hydrogen) atoms. The van der Waals surface area contributed by atoms with Crippen LogP contribution < -0.4 is 4.74 Å². The first kappa shape index (κ1) is 13.0. The van der Waals surface area contributed by atoms with Gasteiger partial charge in [0, 0.05) is 17.1 Å². The largest absolute Gasteiger partial charge is 0.494 e. The van der Waals surface area contributed by atoms with Crippen LogP contribution in [-0.4, -0.2) is 31.7 Å². The lowest BCUT2D eigenvalue weighted by Crippen LogP contribution is -2.25. The number of rotatable bonds is 4. The van der Waals surface area contributed by atoms with Gasteiger partial charge >= 0.3 is 0 Å². The third kappa shape index (κ3) is 3.21. The maximum atomic E-state index is 11.8. The summed E-state index contributed by atoms with van der Waals surface area (Å²) >= 11 is 3.33. The predicted molar refractivity (Wildman–Crippen MR) is 64.4 cm³/mol. The number of amides is 1. The predicted octanol–water partition coefficient (Wildman–Crippen LogP) is 2.48. The molecular weight excluding hydrogens is 274 g/mol. The first-order valence-electron chi connectivity index (χ1n) is 4.84. The lowest BCUT2D eigenvalue weighted by Gasteiger charge is -2.14. The van der Waals surface area contributed by atoms with Crippen LogP contribution in [0.15, 0.2) is 22.7 Å². The van der Waals surface area contributed by atoms with Crippen molar-refractivity contribution in [3.05, 3.63) is 28.2 Å². The molecule has 0 unspecified atom stereocenters. The Labute approximate surface area is 103 Å². The van der Waals surface area contributed by atoms with E-state index in [1.165, 1.54) is 7.11 Å². The number of carbonyl (C=O) groups is 1. The molecule has 0 saturated carbocycles. The van der Waals surface area contributed by atoms with Crippen molar-refractivity contribution >= 4 is 21.8 Å². The van der Waals surface area contributed by atoms with E-state index in [9.17, 15) is 4.79 Å². The zero-order valence-corrected chi connectivity index (χ0v) is 11.1. The molecule has 0 aromatic heterocycles. The van der Waals surface area contributed by atoms with Crippen LogP contribution in [0.2, 0.25) is 0 Å². The fourth-order valence-corrected chi connectivity index (χ4v) is 1.67. The summed E-state index contributed by atoms with van der Waals surface area (Å²) in [6.45, 7) is 2.45. The van der Waals surface area contributed by atoms with Gasteiger partial charge in [0.25, 0.3) is 5.91 Å². The number of hydroxylamine groups is 2. The van der Waals surface area contributed by atoms with Crippen LogP contribution >= 0.6 is 15.9 Å². The molecular formula is C11H14BrNO3. The van der Waals surface area contributed by atoms with E-state index in [1.54, 1.807) is 19.2 Å². The molecule has 0 atom stereocenters. The molecule has 0 aliphatic rings. The zero-order valence-electron chi connectivity index (χ0n) is 9.49. The van der Waals surface area contributed by atoms with E-state index in [1.807, 2.05) is 13.0 Å². The van der Waals surface area contributed by atoms with Crippen molar-refractivity contribution in [1.29, 1.82) is 0 Å². The summed E-state index contributed by atoms with van der Waals surface area (Å²) in [7, 11) is 3.00. The molecule has 0 aliphatic heterocycles. The topological polar surface area (TPSA) is 38.8 Å². The second kappa shape index (κ2) is 5.86. The van der Waals surface area contributed by atoms with Gasteiger partial charge in [-0.3, -0.25) is 9.63 Å². The maximum absolute atomic E-state index is 11.8. The Bertz CT molecular complexity index is 381. The Hall–Kier alpha value is -1.07. The van der Waals surface area contributed by atoms with Crippen LogP contribution in [0.1, 0.15) is 17.3 Å². The van der Waals surface area contributed by atoms with Crippen molar-refractivity contribution in [2.75, 3.05) is 20.8 Å². The highest BCUT2D eigenvalue weighted by atomic mass is 79.9. The molecule has 5 heteroatoms. The average Bonchev–Trinajstić information content (AvgIpc) is 2.26. The van der Waals surface area contributed by atoms with Crippen molar-refractivity contribution in [3.8, 4) is 5.75 Å². The van der Waals surface area contributed by atoms with E-state index >= 15 is 0 Å². The second-order valence-electron chi connectivity index (χ2n) is 3.09. The fourth-order valence-electron chi connectivity index (χ4n) is 1.20.